The highest BCUT2D eigenvalue weighted by Gasteiger charge is 2.27. The number of hydrogen-bond donors (Lipinski definition) is 2. The molecule has 0 bridgehead atoms. The molecular weight excluding hydrogens is 467 g/mol. The molecular formula is C21H35IN4O2. The number of halogens is 1. The molecule has 1 aromatic rings. The van der Waals surface area contributed by atoms with Crippen molar-refractivity contribution >= 4 is 35.8 Å². The zero-order valence-electron chi connectivity index (χ0n) is 17.7. The van der Waals surface area contributed by atoms with Gasteiger partial charge in [-0.05, 0) is 39.3 Å². The molecule has 7 heteroatoms. The second kappa shape index (κ2) is 12.1. The number of hydrogen-bond acceptors (Lipinski definition) is 3. The lowest BCUT2D eigenvalue weighted by Crippen LogP contribution is -2.45. The molecule has 1 aromatic carbocycles. The van der Waals surface area contributed by atoms with E-state index in [1.54, 1.807) is 0 Å². The fourth-order valence-electron chi connectivity index (χ4n) is 3.06. The number of rotatable bonds is 7. The van der Waals surface area contributed by atoms with Crippen LogP contribution in [0.3, 0.4) is 0 Å². The molecule has 1 saturated heterocycles. The largest absolute Gasteiger partial charge is 0.489 e. The second-order valence-corrected chi connectivity index (χ2v) is 7.53. The van der Waals surface area contributed by atoms with Crippen molar-refractivity contribution in [3.8, 4) is 5.75 Å². The Hall–Kier alpha value is -1.51. The van der Waals surface area contributed by atoms with E-state index < -0.39 is 0 Å². The van der Waals surface area contributed by atoms with Crippen LogP contribution in [0.1, 0.15) is 39.7 Å². The summed E-state index contributed by atoms with van der Waals surface area (Å²) in [6, 6.07) is 8.29. The molecule has 2 atom stereocenters. The van der Waals surface area contributed by atoms with Crippen LogP contribution in [0.2, 0.25) is 0 Å². The number of nitrogens with zero attached hydrogens (tertiary/aromatic N) is 2. The number of aliphatic imine (C=N–C) groups is 1. The number of carbonyl (C=O) groups excluding carboxylic acids is 1. The smallest absolute Gasteiger partial charge is 0.225 e. The first-order chi connectivity index (χ1) is 12.9. The molecule has 2 N–H and O–H groups in total. The molecule has 1 aliphatic heterocycles. The van der Waals surface area contributed by atoms with Gasteiger partial charge < -0.3 is 20.3 Å². The fraction of sp³-hybridized carbons (Fsp3) is 0.619. The quantitative estimate of drug-likeness (QED) is 0.342. The van der Waals surface area contributed by atoms with Crippen molar-refractivity contribution in [1.29, 1.82) is 0 Å². The molecule has 0 spiro atoms. The Labute approximate surface area is 186 Å². The number of carbonyl (C=O) groups is 1. The topological polar surface area (TPSA) is 66.0 Å². The van der Waals surface area contributed by atoms with Crippen molar-refractivity contribution in [2.45, 2.75) is 53.2 Å². The first-order valence-electron chi connectivity index (χ1n) is 9.96. The summed E-state index contributed by atoms with van der Waals surface area (Å²) in [5, 5.41) is 6.74. The molecule has 28 heavy (non-hydrogen) atoms. The minimum atomic E-state index is -0.0224. The van der Waals surface area contributed by atoms with Gasteiger partial charge in [-0.15, -0.1) is 24.0 Å². The molecule has 0 aliphatic carbocycles. The van der Waals surface area contributed by atoms with E-state index in [0.717, 1.165) is 37.8 Å². The second-order valence-electron chi connectivity index (χ2n) is 7.53. The van der Waals surface area contributed by atoms with E-state index in [9.17, 15) is 4.79 Å². The van der Waals surface area contributed by atoms with Crippen LogP contribution in [0, 0.1) is 12.8 Å². The SMILES string of the molecule is CCNC(=NCC(C)Oc1ccc(C)cc1)NC1CCN(C(=O)C(C)C)C1.I. The van der Waals surface area contributed by atoms with E-state index >= 15 is 0 Å². The maximum atomic E-state index is 12.1. The first-order valence-corrected chi connectivity index (χ1v) is 9.96. The lowest BCUT2D eigenvalue weighted by molar-refractivity contribution is -0.133. The predicted molar refractivity (Wildman–Crippen MR) is 126 cm³/mol. The molecule has 1 fully saturated rings. The van der Waals surface area contributed by atoms with E-state index in [-0.39, 0.29) is 47.9 Å². The minimum Gasteiger partial charge on any atom is -0.489 e. The van der Waals surface area contributed by atoms with E-state index in [1.807, 2.05) is 56.9 Å². The summed E-state index contributed by atoms with van der Waals surface area (Å²) < 4.78 is 5.93. The van der Waals surface area contributed by atoms with Crippen molar-refractivity contribution in [2.75, 3.05) is 26.2 Å². The lowest BCUT2D eigenvalue weighted by atomic mass is 10.2. The maximum absolute atomic E-state index is 12.1. The summed E-state index contributed by atoms with van der Waals surface area (Å²) in [6.07, 6.45) is 0.920. The number of amides is 1. The third-order valence-electron chi connectivity index (χ3n) is 4.54. The van der Waals surface area contributed by atoms with E-state index in [0.29, 0.717) is 6.54 Å². The summed E-state index contributed by atoms with van der Waals surface area (Å²) in [7, 11) is 0. The molecule has 1 amide bonds. The Kier molecular flexibility index (Phi) is 10.6. The van der Waals surface area contributed by atoms with Gasteiger partial charge in [0.25, 0.3) is 0 Å². The number of nitrogens with one attached hydrogen (secondary N) is 2. The molecule has 0 radical (unpaired) electrons. The third kappa shape index (κ3) is 7.85. The van der Waals surface area contributed by atoms with Gasteiger partial charge in [0.1, 0.15) is 11.9 Å². The summed E-state index contributed by atoms with van der Waals surface area (Å²) >= 11 is 0. The minimum absolute atomic E-state index is 0. The number of aryl methyl sites for hydroxylation is 1. The summed E-state index contributed by atoms with van der Waals surface area (Å²) in [6.45, 7) is 12.9. The third-order valence-corrected chi connectivity index (χ3v) is 4.54. The Morgan fingerprint density at radius 1 is 1.29 bits per heavy atom. The highest BCUT2D eigenvalue weighted by molar-refractivity contribution is 14.0. The number of benzene rings is 1. The van der Waals surface area contributed by atoms with Crippen molar-refractivity contribution in [2.24, 2.45) is 10.9 Å². The van der Waals surface area contributed by atoms with E-state index in [1.165, 1.54) is 5.56 Å². The van der Waals surface area contributed by atoms with Crippen LogP contribution in [0.5, 0.6) is 5.75 Å². The van der Waals surface area contributed by atoms with Gasteiger partial charge in [-0.3, -0.25) is 4.79 Å². The summed E-state index contributed by atoms with van der Waals surface area (Å²) in [4.78, 5) is 18.7. The molecule has 2 unspecified atom stereocenters. The summed E-state index contributed by atoms with van der Waals surface area (Å²) in [5.41, 5.74) is 1.22. The maximum Gasteiger partial charge on any atom is 0.225 e. The number of guanidine groups is 1. The van der Waals surface area contributed by atoms with Gasteiger partial charge in [-0.1, -0.05) is 31.5 Å². The van der Waals surface area contributed by atoms with Crippen LogP contribution >= 0.6 is 24.0 Å². The monoisotopic (exact) mass is 502 g/mol. The molecule has 1 heterocycles. The number of likely N-dealkylation sites (tertiary alicyclic amines) is 1. The highest BCUT2D eigenvalue weighted by Crippen LogP contribution is 2.14. The van der Waals surface area contributed by atoms with E-state index in [2.05, 4.69) is 22.5 Å². The van der Waals surface area contributed by atoms with Crippen LogP contribution in [0.15, 0.2) is 29.3 Å². The van der Waals surface area contributed by atoms with Gasteiger partial charge in [0.2, 0.25) is 5.91 Å². The predicted octanol–water partition coefficient (Wildman–Crippen LogP) is 3.19. The Balaban J connectivity index is 0.00000392. The number of ether oxygens (including phenoxy) is 1. The van der Waals surface area contributed by atoms with Gasteiger partial charge in [-0.25, -0.2) is 4.99 Å². The van der Waals surface area contributed by atoms with Crippen LogP contribution in [-0.4, -0.2) is 55.1 Å². The average Bonchev–Trinajstić information content (AvgIpc) is 3.09. The van der Waals surface area contributed by atoms with Gasteiger partial charge in [0, 0.05) is 31.6 Å². The summed E-state index contributed by atoms with van der Waals surface area (Å²) in [5.74, 6) is 1.91. The zero-order valence-corrected chi connectivity index (χ0v) is 20.0. The molecule has 1 aliphatic rings. The van der Waals surface area contributed by atoms with Gasteiger partial charge >= 0.3 is 0 Å². The van der Waals surface area contributed by atoms with Crippen molar-refractivity contribution in [1.82, 2.24) is 15.5 Å². The van der Waals surface area contributed by atoms with Gasteiger partial charge in [0.15, 0.2) is 5.96 Å². The van der Waals surface area contributed by atoms with Crippen molar-refractivity contribution < 1.29 is 9.53 Å². The Morgan fingerprint density at radius 3 is 2.57 bits per heavy atom. The van der Waals surface area contributed by atoms with Crippen molar-refractivity contribution in [3.63, 3.8) is 0 Å². The Bertz CT molecular complexity index is 634. The lowest BCUT2D eigenvalue weighted by Gasteiger charge is -2.21. The van der Waals surface area contributed by atoms with Crippen LogP contribution in [-0.2, 0) is 4.79 Å². The first kappa shape index (κ1) is 24.5. The van der Waals surface area contributed by atoms with Gasteiger partial charge in [0.05, 0.1) is 6.54 Å². The zero-order chi connectivity index (χ0) is 19.8. The highest BCUT2D eigenvalue weighted by atomic mass is 127. The fourth-order valence-corrected chi connectivity index (χ4v) is 3.06. The van der Waals surface area contributed by atoms with Crippen molar-refractivity contribution in [3.05, 3.63) is 29.8 Å². The van der Waals surface area contributed by atoms with Crippen LogP contribution in [0.4, 0.5) is 0 Å². The normalized spacial score (nSPS) is 17.9. The molecule has 2 rings (SSSR count). The standard InChI is InChI=1S/C21H34N4O2.HI/c1-6-22-21(24-18-11-12-25(14-18)20(26)15(2)3)23-13-17(5)27-19-9-7-16(4)8-10-19;/h7-10,15,17-18H,6,11-14H2,1-5H3,(H2,22,23,24);1H. The van der Waals surface area contributed by atoms with Crippen LogP contribution < -0.4 is 15.4 Å². The molecule has 6 nitrogen and oxygen atoms in total. The molecule has 158 valence electrons. The molecule has 0 saturated carbocycles. The van der Waals surface area contributed by atoms with Gasteiger partial charge in [-0.2, -0.15) is 0 Å². The van der Waals surface area contributed by atoms with Crippen LogP contribution in [0.25, 0.3) is 0 Å². The Morgan fingerprint density at radius 2 is 1.96 bits per heavy atom. The molecule has 0 aromatic heterocycles. The van der Waals surface area contributed by atoms with E-state index in [4.69, 9.17) is 4.74 Å². The average molecular weight is 502 g/mol.